The van der Waals surface area contributed by atoms with Gasteiger partial charge in [-0.2, -0.15) is 8.78 Å². The SMILES string of the molecule is CC(C)NC(=O)CCNc1ccc(S(=O)(=O)C(F)F)cc1. The molecule has 118 valence electrons. The molecule has 0 saturated carbocycles. The Morgan fingerprint density at radius 1 is 1.19 bits per heavy atom. The van der Waals surface area contributed by atoms with Crippen LogP contribution in [0, 0.1) is 0 Å². The molecule has 2 N–H and O–H groups in total. The van der Waals surface area contributed by atoms with Gasteiger partial charge in [0.1, 0.15) is 0 Å². The predicted octanol–water partition coefficient (Wildman–Crippen LogP) is 2.01. The van der Waals surface area contributed by atoms with Gasteiger partial charge in [0, 0.05) is 24.7 Å². The predicted molar refractivity (Wildman–Crippen MR) is 76.0 cm³/mol. The van der Waals surface area contributed by atoms with E-state index in [1.165, 1.54) is 12.1 Å². The molecule has 0 aromatic heterocycles. The van der Waals surface area contributed by atoms with Gasteiger partial charge >= 0.3 is 5.76 Å². The Bertz CT molecular complexity index is 572. The lowest BCUT2D eigenvalue weighted by molar-refractivity contribution is -0.121. The Morgan fingerprint density at radius 3 is 2.24 bits per heavy atom. The zero-order chi connectivity index (χ0) is 16.0. The molecule has 0 atom stereocenters. The van der Waals surface area contributed by atoms with E-state index in [2.05, 4.69) is 10.6 Å². The van der Waals surface area contributed by atoms with Crippen molar-refractivity contribution < 1.29 is 22.0 Å². The van der Waals surface area contributed by atoms with E-state index in [9.17, 15) is 22.0 Å². The molecule has 0 unspecified atom stereocenters. The molecule has 0 spiro atoms. The standard InChI is InChI=1S/C13H18F2N2O3S/c1-9(2)17-12(18)7-8-16-10-3-5-11(6-4-10)21(19,20)13(14)15/h3-6,9,13,16H,7-8H2,1-2H3,(H,17,18). The molecule has 0 aliphatic heterocycles. The summed E-state index contributed by atoms with van der Waals surface area (Å²) in [6.07, 6.45) is 0.259. The molecular formula is C13H18F2N2O3S. The highest BCUT2D eigenvalue weighted by Gasteiger charge is 2.26. The maximum atomic E-state index is 12.3. The van der Waals surface area contributed by atoms with Crippen LogP contribution in [0.1, 0.15) is 20.3 Å². The monoisotopic (exact) mass is 320 g/mol. The third kappa shape index (κ3) is 5.30. The summed E-state index contributed by atoms with van der Waals surface area (Å²) in [5.74, 6) is -3.54. The van der Waals surface area contributed by atoms with Crippen molar-refractivity contribution in [2.45, 2.75) is 37.0 Å². The summed E-state index contributed by atoms with van der Waals surface area (Å²) in [4.78, 5) is 11.0. The number of hydrogen-bond acceptors (Lipinski definition) is 4. The van der Waals surface area contributed by atoms with E-state index < -0.39 is 20.5 Å². The molecule has 1 aromatic rings. The van der Waals surface area contributed by atoms with Gasteiger partial charge in [0.05, 0.1) is 4.90 Å². The number of anilines is 1. The molecule has 5 nitrogen and oxygen atoms in total. The van der Waals surface area contributed by atoms with Crippen LogP contribution in [0.4, 0.5) is 14.5 Å². The first-order valence-electron chi connectivity index (χ1n) is 6.39. The zero-order valence-electron chi connectivity index (χ0n) is 11.8. The minimum Gasteiger partial charge on any atom is -0.385 e. The first kappa shape index (κ1) is 17.4. The molecule has 1 rings (SSSR count). The quantitative estimate of drug-likeness (QED) is 0.806. The molecule has 1 amide bonds. The van der Waals surface area contributed by atoms with E-state index in [1.807, 2.05) is 13.8 Å². The fourth-order valence-corrected chi connectivity index (χ4v) is 2.30. The summed E-state index contributed by atoms with van der Waals surface area (Å²) in [6.45, 7) is 4.07. The van der Waals surface area contributed by atoms with Gasteiger partial charge in [-0.3, -0.25) is 4.79 Å². The molecule has 8 heteroatoms. The van der Waals surface area contributed by atoms with Crippen LogP contribution in [0.2, 0.25) is 0 Å². The second-order valence-corrected chi connectivity index (χ2v) is 6.65. The summed E-state index contributed by atoms with van der Waals surface area (Å²) >= 11 is 0. The fourth-order valence-electron chi connectivity index (χ4n) is 1.58. The average Bonchev–Trinajstić information content (AvgIpc) is 2.38. The Morgan fingerprint density at radius 2 is 1.76 bits per heavy atom. The van der Waals surface area contributed by atoms with Crippen molar-refractivity contribution in [2.24, 2.45) is 0 Å². The molecule has 0 fully saturated rings. The molecule has 0 radical (unpaired) electrons. The lowest BCUT2D eigenvalue weighted by atomic mass is 10.3. The van der Waals surface area contributed by atoms with E-state index in [0.717, 1.165) is 12.1 Å². The lowest BCUT2D eigenvalue weighted by Gasteiger charge is -2.10. The van der Waals surface area contributed by atoms with E-state index in [0.29, 0.717) is 12.2 Å². The molecule has 21 heavy (non-hydrogen) atoms. The van der Waals surface area contributed by atoms with Gasteiger partial charge in [-0.1, -0.05) is 0 Å². The topological polar surface area (TPSA) is 75.3 Å². The van der Waals surface area contributed by atoms with Gasteiger partial charge in [0.2, 0.25) is 15.7 Å². The summed E-state index contributed by atoms with van der Waals surface area (Å²) < 4.78 is 47.1. The van der Waals surface area contributed by atoms with Crippen LogP contribution in [0.5, 0.6) is 0 Å². The smallest absolute Gasteiger partial charge is 0.341 e. The van der Waals surface area contributed by atoms with Crippen molar-refractivity contribution in [1.29, 1.82) is 0 Å². The van der Waals surface area contributed by atoms with Crippen LogP contribution >= 0.6 is 0 Å². The van der Waals surface area contributed by atoms with Crippen molar-refractivity contribution in [3.63, 3.8) is 0 Å². The molecule has 0 aliphatic rings. The van der Waals surface area contributed by atoms with Gasteiger partial charge in [-0.15, -0.1) is 0 Å². The number of sulfone groups is 1. The summed E-state index contributed by atoms with van der Waals surface area (Å²) in [6, 6.07) is 5.05. The molecule has 1 aromatic carbocycles. The largest absolute Gasteiger partial charge is 0.385 e. The van der Waals surface area contributed by atoms with Crippen molar-refractivity contribution in [2.75, 3.05) is 11.9 Å². The van der Waals surface area contributed by atoms with E-state index in [4.69, 9.17) is 0 Å². The van der Waals surface area contributed by atoms with Crippen LogP contribution in [-0.4, -0.2) is 32.7 Å². The van der Waals surface area contributed by atoms with Gasteiger partial charge in [-0.05, 0) is 38.1 Å². The van der Waals surface area contributed by atoms with Crippen molar-refractivity contribution in [3.05, 3.63) is 24.3 Å². The van der Waals surface area contributed by atoms with Gasteiger partial charge in [0.25, 0.3) is 0 Å². The highest BCUT2D eigenvalue weighted by Crippen LogP contribution is 2.20. The molecule has 0 saturated heterocycles. The molecular weight excluding hydrogens is 302 g/mol. The maximum absolute atomic E-state index is 12.3. The number of carbonyl (C=O) groups excluding carboxylic acids is 1. The van der Waals surface area contributed by atoms with Crippen molar-refractivity contribution in [1.82, 2.24) is 5.32 Å². The van der Waals surface area contributed by atoms with Crippen molar-refractivity contribution in [3.8, 4) is 0 Å². The van der Waals surface area contributed by atoms with Crippen LogP contribution in [-0.2, 0) is 14.6 Å². The van der Waals surface area contributed by atoms with E-state index >= 15 is 0 Å². The average molecular weight is 320 g/mol. The number of halogens is 2. The summed E-state index contributed by atoms with van der Waals surface area (Å²) in [7, 11) is -4.57. The normalized spacial score (nSPS) is 11.7. The second kappa shape index (κ2) is 7.35. The number of carbonyl (C=O) groups is 1. The minimum absolute atomic E-state index is 0.0661. The zero-order valence-corrected chi connectivity index (χ0v) is 12.6. The van der Waals surface area contributed by atoms with Gasteiger partial charge in [0.15, 0.2) is 0 Å². The Balaban J connectivity index is 2.55. The summed E-state index contributed by atoms with van der Waals surface area (Å²) in [5.41, 5.74) is 0.556. The molecule has 0 bridgehead atoms. The first-order chi connectivity index (χ1) is 9.73. The fraction of sp³-hybridized carbons (Fsp3) is 0.462. The lowest BCUT2D eigenvalue weighted by Crippen LogP contribution is -2.31. The highest BCUT2D eigenvalue weighted by atomic mass is 32.2. The number of alkyl halides is 2. The van der Waals surface area contributed by atoms with Gasteiger partial charge < -0.3 is 10.6 Å². The van der Waals surface area contributed by atoms with Crippen LogP contribution in [0.3, 0.4) is 0 Å². The third-order valence-corrected chi connectivity index (χ3v) is 3.95. The molecule has 0 aliphatic carbocycles. The van der Waals surface area contributed by atoms with Crippen LogP contribution in [0.15, 0.2) is 29.2 Å². The number of amides is 1. The van der Waals surface area contributed by atoms with Crippen LogP contribution in [0.25, 0.3) is 0 Å². The van der Waals surface area contributed by atoms with Crippen molar-refractivity contribution >= 4 is 21.4 Å². The van der Waals surface area contributed by atoms with E-state index in [-0.39, 0.29) is 18.4 Å². The molecule has 0 heterocycles. The van der Waals surface area contributed by atoms with Crippen LogP contribution < -0.4 is 10.6 Å². The minimum atomic E-state index is -4.57. The van der Waals surface area contributed by atoms with E-state index in [1.54, 1.807) is 0 Å². The Kier molecular flexibility index (Phi) is 6.07. The number of rotatable bonds is 7. The third-order valence-electron chi connectivity index (χ3n) is 2.55. The number of benzene rings is 1. The Labute approximate surface area is 122 Å². The second-order valence-electron chi connectivity index (χ2n) is 4.73. The maximum Gasteiger partial charge on any atom is 0.341 e. The van der Waals surface area contributed by atoms with Gasteiger partial charge in [-0.25, -0.2) is 8.42 Å². The number of nitrogens with one attached hydrogen (secondary N) is 2. The highest BCUT2D eigenvalue weighted by molar-refractivity contribution is 7.91. The Hall–Kier alpha value is -1.70. The summed E-state index contributed by atoms with van der Waals surface area (Å²) in [5, 5.41) is 5.64. The first-order valence-corrected chi connectivity index (χ1v) is 7.93. The number of hydrogen-bond donors (Lipinski definition) is 2.